The van der Waals surface area contributed by atoms with Crippen LogP contribution >= 0.6 is 0 Å². The van der Waals surface area contributed by atoms with Gasteiger partial charge in [-0.3, -0.25) is 9.59 Å². The molecular formula is C9H14N2O3. The van der Waals surface area contributed by atoms with Crippen molar-refractivity contribution in [2.75, 3.05) is 19.6 Å². The molecule has 1 aliphatic heterocycles. The molecule has 1 heterocycles. The lowest BCUT2D eigenvalue weighted by Crippen LogP contribution is -2.55. The van der Waals surface area contributed by atoms with Crippen LogP contribution in [0.5, 0.6) is 0 Å². The van der Waals surface area contributed by atoms with Crippen molar-refractivity contribution in [1.29, 1.82) is 0 Å². The molecule has 0 aromatic carbocycles. The molecule has 0 aliphatic carbocycles. The highest BCUT2D eigenvalue weighted by Crippen LogP contribution is 2.04. The van der Waals surface area contributed by atoms with Crippen molar-refractivity contribution in [3.63, 3.8) is 0 Å². The summed E-state index contributed by atoms with van der Waals surface area (Å²) in [4.78, 5) is 23.7. The molecule has 2 N–H and O–H groups in total. The minimum atomic E-state index is -0.962. The highest BCUT2D eigenvalue weighted by Gasteiger charge is 2.28. The lowest BCUT2D eigenvalue weighted by atomic mass is 10.1. The number of piperazine rings is 1. The van der Waals surface area contributed by atoms with Crippen molar-refractivity contribution in [2.24, 2.45) is 0 Å². The fraction of sp³-hybridized carbons (Fsp3) is 0.556. The van der Waals surface area contributed by atoms with Gasteiger partial charge in [-0.15, -0.1) is 6.58 Å². The number of carboxylic acid groups (broad SMARTS) is 1. The topological polar surface area (TPSA) is 69.6 Å². The molecular weight excluding hydrogens is 184 g/mol. The standard InChI is InChI=1S/C9H14N2O3/c1-2-4-11-5-3-10-7(9(11)14)6-8(12)13/h2,7,10H,1,3-6H2,(H,12,13). The first-order valence-corrected chi connectivity index (χ1v) is 4.50. The number of hydrogen-bond donors (Lipinski definition) is 2. The third-order valence-electron chi connectivity index (χ3n) is 2.11. The quantitative estimate of drug-likeness (QED) is 0.594. The molecule has 0 radical (unpaired) electrons. The second kappa shape index (κ2) is 4.76. The van der Waals surface area contributed by atoms with Gasteiger partial charge in [0.1, 0.15) is 0 Å². The molecule has 14 heavy (non-hydrogen) atoms. The number of carboxylic acids is 1. The first-order chi connectivity index (χ1) is 6.65. The number of aliphatic carboxylic acids is 1. The molecule has 0 spiro atoms. The SMILES string of the molecule is C=CCN1CCNC(CC(=O)O)C1=O. The van der Waals surface area contributed by atoms with E-state index in [4.69, 9.17) is 5.11 Å². The van der Waals surface area contributed by atoms with E-state index in [9.17, 15) is 9.59 Å². The number of amides is 1. The Morgan fingerprint density at radius 2 is 2.50 bits per heavy atom. The summed E-state index contributed by atoms with van der Waals surface area (Å²) in [5, 5.41) is 11.5. The van der Waals surface area contributed by atoms with Crippen LogP contribution in [-0.4, -0.2) is 47.6 Å². The van der Waals surface area contributed by atoms with Gasteiger partial charge in [0.15, 0.2) is 0 Å². The zero-order valence-electron chi connectivity index (χ0n) is 7.90. The van der Waals surface area contributed by atoms with Crippen LogP contribution in [0.3, 0.4) is 0 Å². The van der Waals surface area contributed by atoms with Gasteiger partial charge < -0.3 is 15.3 Å². The fourth-order valence-corrected chi connectivity index (χ4v) is 1.46. The van der Waals surface area contributed by atoms with Gasteiger partial charge in [-0.2, -0.15) is 0 Å². The average Bonchev–Trinajstić information content (AvgIpc) is 2.11. The number of hydrogen-bond acceptors (Lipinski definition) is 3. The van der Waals surface area contributed by atoms with Crippen molar-refractivity contribution in [3.8, 4) is 0 Å². The van der Waals surface area contributed by atoms with E-state index < -0.39 is 12.0 Å². The predicted octanol–water partition coefficient (Wildman–Crippen LogP) is -0.553. The molecule has 1 atom stereocenters. The van der Waals surface area contributed by atoms with E-state index in [-0.39, 0.29) is 12.3 Å². The van der Waals surface area contributed by atoms with E-state index in [2.05, 4.69) is 11.9 Å². The molecule has 1 saturated heterocycles. The Morgan fingerprint density at radius 1 is 1.79 bits per heavy atom. The molecule has 78 valence electrons. The van der Waals surface area contributed by atoms with E-state index in [1.54, 1.807) is 11.0 Å². The van der Waals surface area contributed by atoms with Gasteiger partial charge in [-0.25, -0.2) is 0 Å². The van der Waals surface area contributed by atoms with Gasteiger partial charge in [0, 0.05) is 19.6 Å². The lowest BCUT2D eigenvalue weighted by molar-refractivity contribution is -0.143. The van der Waals surface area contributed by atoms with Crippen LogP contribution in [0.25, 0.3) is 0 Å². The monoisotopic (exact) mass is 198 g/mol. The maximum atomic E-state index is 11.6. The zero-order chi connectivity index (χ0) is 10.6. The van der Waals surface area contributed by atoms with Crippen LogP contribution in [-0.2, 0) is 9.59 Å². The van der Waals surface area contributed by atoms with Crippen LogP contribution in [0.1, 0.15) is 6.42 Å². The highest BCUT2D eigenvalue weighted by atomic mass is 16.4. The van der Waals surface area contributed by atoms with Gasteiger partial charge in [0.2, 0.25) is 5.91 Å². The van der Waals surface area contributed by atoms with Crippen molar-refractivity contribution < 1.29 is 14.7 Å². The molecule has 1 rings (SSSR count). The molecule has 1 amide bonds. The van der Waals surface area contributed by atoms with Crippen molar-refractivity contribution in [3.05, 3.63) is 12.7 Å². The maximum Gasteiger partial charge on any atom is 0.305 e. The Morgan fingerprint density at radius 3 is 3.07 bits per heavy atom. The first kappa shape index (κ1) is 10.7. The molecule has 0 bridgehead atoms. The molecule has 0 aromatic rings. The van der Waals surface area contributed by atoms with Gasteiger partial charge in [-0.1, -0.05) is 6.08 Å². The van der Waals surface area contributed by atoms with E-state index in [0.717, 1.165) is 0 Å². The summed E-state index contributed by atoms with van der Waals surface area (Å²) in [6.07, 6.45) is 1.48. The molecule has 5 nitrogen and oxygen atoms in total. The molecule has 5 heteroatoms. The van der Waals surface area contributed by atoms with Crippen molar-refractivity contribution >= 4 is 11.9 Å². The summed E-state index contributed by atoms with van der Waals surface area (Å²) in [5.74, 6) is -1.12. The predicted molar refractivity (Wildman–Crippen MR) is 50.8 cm³/mol. The summed E-state index contributed by atoms with van der Waals surface area (Å²) in [6.45, 7) is 5.28. The largest absolute Gasteiger partial charge is 0.481 e. The Kier molecular flexibility index (Phi) is 3.64. The second-order valence-electron chi connectivity index (χ2n) is 3.18. The van der Waals surface area contributed by atoms with Crippen molar-refractivity contribution in [2.45, 2.75) is 12.5 Å². The zero-order valence-corrected chi connectivity index (χ0v) is 7.90. The van der Waals surface area contributed by atoms with Gasteiger partial charge >= 0.3 is 5.97 Å². The van der Waals surface area contributed by atoms with Crippen molar-refractivity contribution in [1.82, 2.24) is 10.2 Å². The lowest BCUT2D eigenvalue weighted by Gasteiger charge is -2.31. The number of rotatable bonds is 4. The minimum absolute atomic E-state index is 0.154. The smallest absolute Gasteiger partial charge is 0.305 e. The maximum absolute atomic E-state index is 11.6. The Bertz CT molecular complexity index is 252. The molecule has 1 aliphatic rings. The van der Waals surface area contributed by atoms with Gasteiger partial charge in [0.05, 0.1) is 12.5 Å². The summed E-state index contributed by atoms with van der Waals surface area (Å²) in [6, 6.07) is -0.582. The molecule has 1 fully saturated rings. The highest BCUT2D eigenvalue weighted by molar-refractivity contribution is 5.86. The van der Waals surface area contributed by atoms with E-state index in [1.165, 1.54) is 0 Å². The number of carbonyl (C=O) groups is 2. The van der Waals surface area contributed by atoms with E-state index in [1.807, 2.05) is 0 Å². The van der Waals surface area contributed by atoms with Crippen LogP contribution in [0.2, 0.25) is 0 Å². The molecule has 0 saturated carbocycles. The normalized spacial score (nSPS) is 22.1. The fourth-order valence-electron chi connectivity index (χ4n) is 1.46. The average molecular weight is 198 g/mol. The Labute approximate surface area is 82.4 Å². The van der Waals surface area contributed by atoms with Gasteiger partial charge in [-0.05, 0) is 0 Å². The first-order valence-electron chi connectivity index (χ1n) is 4.50. The van der Waals surface area contributed by atoms with Crippen LogP contribution in [0.4, 0.5) is 0 Å². The Hall–Kier alpha value is -1.36. The number of carbonyl (C=O) groups excluding carboxylic acids is 1. The van der Waals surface area contributed by atoms with E-state index >= 15 is 0 Å². The van der Waals surface area contributed by atoms with Crippen LogP contribution in [0, 0.1) is 0 Å². The number of nitrogens with zero attached hydrogens (tertiary/aromatic N) is 1. The van der Waals surface area contributed by atoms with Crippen LogP contribution in [0.15, 0.2) is 12.7 Å². The van der Waals surface area contributed by atoms with Gasteiger partial charge in [0.25, 0.3) is 0 Å². The van der Waals surface area contributed by atoms with E-state index in [0.29, 0.717) is 19.6 Å². The van der Waals surface area contributed by atoms with Crippen LogP contribution < -0.4 is 5.32 Å². The summed E-state index contributed by atoms with van der Waals surface area (Å²) in [7, 11) is 0. The summed E-state index contributed by atoms with van der Waals surface area (Å²) < 4.78 is 0. The second-order valence-corrected chi connectivity index (χ2v) is 3.18. The molecule has 0 aromatic heterocycles. The summed E-state index contributed by atoms with van der Waals surface area (Å²) in [5.41, 5.74) is 0. The third kappa shape index (κ3) is 2.56. The number of nitrogens with one attached hydrogen (secondary N) is 1. The third-order valence-corrected chi connectivity index (χ3v) is 2.11. The summed E-state index contributed by atoms with van der Waals surface area (Å²) >= 11 is 0. The Balaban J connectivity index is 2.56. The molecule has 1 unspecified atom stereocenters. The minimum Gasteiger partial charge on any atom is -0.481 e.